The van der Waals surface area contributed by atoms with E-state index in [2.05, 4.69) is 56.1 Å². The van der Waals surface area contributed by atoms with E-state index >= 15 is 0 Å². The Kier molecular flexibility index (Phi) is 10.2. The van der Waals surface area contributed by atoms with E-state index in [0.29, 0.717) is 22.8 Å². The number of methoxy groups -OCH3 is 3. The SMILES string of the molecule is COc1cc(Nc2ncc(CCc3c(C)c(OC)cc(OC)c3Cl)cn2)c(C)cc1N1CCC(N2CCN(C)CC2)CC1. The van der Waals surface area contributed by atoms with Gasteiger partial charge in [0.25, 0.3) is 0 Å². The first kappa shape index (κ1) is 31.2. The van der Waals surface area contributed by atoms with Crippen molar-refractivity contribution in [3.05, 3.63) is 57.9 Å². The van der Waals surface area contributed by atoms with Crippen LogP contribution < -0.4 is 24.4 Å². The van der Waals surface area contributed by atoms with E-state index in [0.717, 1.165) is 71.1 Å². The quantitative estimate of drug-likeness (QED) is 0.320. The summed E-state index contributed by atoms with van der Waals surface area (Å²) in [6, 6.07) is 6.79. The highest BCUT2D eigenvalue weighted by Gasteiger charge is 2.28. The van der Waals surface area contributed by atoms with Crippen LogP contribution in [0.15, 0.2) is 30.6 Å². The van der Waals surface area contributed by atoms with Gasteiger partial charge in [0.2, 0.25) is 5.95 Å². The second-order valence-corrected chi connectivity index (χ2v) is 12.0. The summed E-state index contributed by atoms with van der Waals surface area (Å²) in [5.41, 5.74) is 6.26. The number of halogens is 1. The van der Waals surface area contributed by atoms with Crippen molar-refractivity contribution in [1.82, 2.24) is 19.8 Å². The molecule has 0 saturated carbocycles. The number of anilines is 3. The van der Waals surface area contributed by atoms with Gasteiger partial charge in [0, 0.05) is 75.5 Å². The van der Waals surface area contributed by atoms with E-state index < -0.39 is 0 Å². The van der Waals surface area contributed by atoms with Crippen molar-refractivity contribution in [2.75, 3.05) is 77.9 Å². The lowest BCUT2D eigenvalue weighted by Crippen LogP contribution is -2.52. The molecule has 3 aromatic rings. The standard InChI is InChI=1S/C33H45ClN6O3/c1-22-17-28(40-11-9-25(10-12-40)39-15-13-38(3)14-16-39)30(42-5)18-27(22)37-33-35-20-24(21-36-33)7-8-26-23(2)29(41-4)19-31(43-6)32(26)34/h17-21,25H,7-16H2,1-6H3,(H,35,36,37). The second kappa shape index (κ2) is 14.0. The number of hydrogen-bond acceptors (Lipinski definition) is 9. The summed E-state index contributed by atoms with van der Waals surface area (Å²) in [7, 11) is 7.23. The van der Waals surface area contributed by atoms with Crippen LogP contribution in [0.1, 0.15) is 35.1 Å². The molecule has 0 unspecified atom stereocenters. The zero-order chi connectivity index (χ0) is 30.5. The number of piperazine rings is 1. The second-order valence-electron chi connectivity index (χ2n) is 11.6. The number of hydrogen-bond donors (Lipinski definition) is 1. The van der Waals surface area contributed by atoms with Gasteiger partial charge >= 0.3 is 0 Å². The van der Waals surface area contributed by atoms with Crippen molar-refractivity contribution < 1.29 is 14.2 Å². The summed E-state index contributed by atoms with van der Waals surface area (Å²) in [5.74, 6) is 2.79. The molecule has 0 aliphatic carbocycles. The van der Waals surface area contributed by atoms with E-state index in [9.17, 15) is 0 Å². The molecule has 0 atom stereocenters. The molecule has 2 aliphatic heterocycles. The topological polar surface area (TPSA) is 75.2 Å². The number of ether oxygens (including phenoxy) is 3. The Balaban J connectivity index is 1.21. The molecule has 0 radical (unpaired) electrons. The third-order valence-electron chi connectivity index (χ3n) is 9.01. The fourth-order valence-corrected chi connectivity index (χ4v) is 6.59. The fraction of sp³-hybridized carbons (Fsp3) is 0.515. The minimum atomic E-state index is 0.548. The minimum absolute atomic E-state index is 0.548. The van der Waals surface area contributed by atoms with Crippen LogP contribution in [0.2, 0.25) is 5.02 Å². The predicted molar refractivity (Wildman–Crippen MR) is 174 cm³/mol. The Hall–Kier alpha value is -3.27. The van der Waals surface area contributed by atoms with Crippen LogP contribution in [0, 0.1) is 13.8 Å². The van der Waals surface area contributed by atoms with Crippen LogP contribution in [0.4, 0.5) is 17.3 Å². The van der Waals surface area contributed by atoms with E-state index in [4.69, 9.17) is 25.8 Å². The van der Waals surface area contributed by atoms with Gasteiger partial charge in [-0.2, -0.15) is 0 Å². The van der Waals surface area contributed by atoms with Crippen molar-refractivity contribution in [3.8, 4) is 17.2 Å². The number of benzene rings is 2. The smallest absolute Gasteiger partial charge is 0.227 e. The molecule has 232 valence electrons. The van der Waals surface area contributed by atoms with Crippen molar-refractivity contribution in [1.29, 1.82) is 0 Å². The molecule has 43 heavy (non-hydrogen) atoms. The summed E-state index contributed by atoms with van der Waals surface area (Å²) < 4.78 is 16.8. The van der Waals surface area contributed by atoms with Crippen molar-refractivity contribution in [2.24, 2.45) is 0 Å². The van der Waals surface area contributed by atoms with Crippen LogP contribution >= 0.6 is 11.6 Å². The maximum Gasteiger partial charge on any atom is 0.227 e. The normalized spacial score (nSPS) is 16.8. The highest BCUT2D eigenvalue weighted by Crippen LogP contribution is 2.38. The van der Waals surface area contributed by atoms with Gasteiger partial charge in [-0.25, -0.2) is 9.97 Å². The van der Waals surface area contributed by atoms with Gasteiger partial charge in [0.1, 0.15) is 17.2 Å². The Morgan fingerprint density at radius 2 is 1.49 bits per heavy atom. The molecule has 1 N–H and O–H groups in total. The number of nitrogens with one attached hydrogen (secondary N) is 1. The molecule has 2 fully saturated rings. The van der Waals surface area contributed by atoms with Crippen LogP contribution in [0.25, 0.3) is 0 Å². The Morgan fingerprint density at radius 1 is 0.837 bits per heavy atom. The van der Waals surface area contributed by atoms with Crippen LogP contribution in [0.3, 0.4) is 0 Å². The molecule has 0 amide bonds. The van der Waals surface area contributed by atoms with Gasteiger partial charge in [-0.3, -0.25) is 4.90 Å². The van der Waals surface area contributed by atoms with E-state index in [-0.39, 0.29) is 0 Å². The van der Waals surface area contributed by atoms with Crippen molar-refractivity contribution in [2.45, 2.75) is 45.6 Å². The first-order chi connectivity index (χ1) is 20.8. The first-order valence-electron chi connectivity index (χ1n) is 15.1. The third kappa shape index (κ3) is 7.11. The van der Waals surface area contributed by atoms with E-state index in [1.807, 2.05) is 25.4 Å². The van der Waals surface area contributed by atoms with Gasteiger partial charge in [0.05, 0.1) is 32.0 Å². The molecule has 0 bridgehead atoms. The molecule has 1 aromatic heterocycles. The zero-order valence-electron chi connectivity index (χ0n) is 26.4. The monoisotopic (exact) mass is 608 g/mol. The lowest BCUT2D eigenvalue weighted by atomic mass is 10.0. The number of aromatic nitrogens is 2. The number of rotatable bonds is 10. The Morgan fingerprint density at radius 3 is 2.12 bits per heavy atom. The molecule has 2 saturated heterocycles. The number of aryl methyl sites for hydroxylation is 2. The van der Waals surface area contributed by atoms with Gasteiger partial charge in [0.15, 0.2) is 0 Å². The lowest BCUT2D eigenvalue weighted by molar-refractivity contribution is 0.0981. The number of likely N-dealkylation sites (N-methyl/N-ethyl adjacent to an activating group) is 1. The third-order valence-corrected chi connectivity index (χ3v) is 9.42. The highest BCUT2D eigenvalue weighted by atomic mass is 35.5. The Bertz CT molecular complexity index is 1360. The largest absolute Gasteiger partial charge is 0.496 e. The summed E-state index contributed by atoms with van der Waals surface area (Å²) in [6.45, 7) is 10.9. The maximum absolute atomic E-state index is 6.63. The number of nitrogens with zero attached hydrogens (tertiary/aromatic N) is 5. The molecule has 2 aliphatic rings. The Labute approximate surface area is 261 Å². The summed E-state index contributed by atoms with van der Waals surface area (Å²) in [5, 5.41) is 4.01. The van der Waals surface area contributed by atoms with Gasteiger partial charge in [-0.1, -0.05) is 11.6 Å². The zero-order valence-corrected chi connectivity index (χ0v) is 27.1. The van der Waals surface area contributed by atoms with Gasteiger partial charge < -0.3 is 29.3 Å². The summed E-state index contributed by atoms with van der Waals surface area (Å²) >= 11 is 6.63. The van der Waals surface area contributed by atoms with Crippen molar-refractivity contribution >= 4 is 28.9 Å². The molecule has 3 heterocycles. The molecule has 5 rings (SSSR count). The highest BCUT2D eigenvalue weighted by molar-refractivity contribution is 6.33. The summed E-state index contributed by atoms with van der Waals surface area (Å²) in [4.78, 5) is 16.8. The average Bonchev–Trinajstić information content (AvgIpc) is 3.03. The molecule has 0 spiro atoms. The van der Waals surface area contributed by atoms with E-state index in [1.165, 1.54) is 39.0 Å². The lowest BCUT2D eigenvalue weighted by Gasteiger charge is -2.42. The van der Waals surface area contributed by atoms with Gasteiger partial charge in [-0.15, -0.1) is 0 Å². The summed E-state index contributed by atoms with van der Waals surface area (Å²) in [6.07, 6.45) is 7.55. The van der Waals surface area contributed by atoms with Crippen molar-refractivity contribution in [3.63, 3.8) is 0 Å². The predicted octanol–water partition coefficient (Wildman–Crippen LogP) is 5.52. The van der Waals surface area contributed by atoms with Crippen LogP contribution in [-0.2, 0) is 12.8 Å². The maximum atomic E-state index is 6.63. The molecule has 10 heteroatoms. The molecular formula is C33H45ClN6O3. The first-order valence-corrected chi connectivity index (χ1v) is 15.5. The van der Waals surface area contributed by atoms with E-state index in [1.54, 1.807) is 21.3 Å². The molecule has 9 nitrogen and oxygen atoms in total. The van der Waals surface area contributed by atoms with Crippen LogP contribution in [0.5, 0.6) is 17.2 Å². The number of piperidine rings is 1. The average molecular weight is 609 g/mol. The molecular weight excluding hydrogens is 564 g/mol. The molecule has 2 aromatic carbocycles. The van der Waals surface area contributed by atoms with Gasteiger partial charge in [-0.05, 0) is 74.9 Å². The van der Waals surface area contributed by atoms with Crippen LogP contribution in [-0.4, -0.2) is 93.5 Å². The fourth-order valence-electron chi connectivity index (χ4n) is 6.23. The minimum Gasteiger partial charge on any atom is -0.496 e.